The van der Waals surface area contributed by atoms with E-state index in [1.165, 1.54) is 11.3 Å². The molecule has 3 rings (SSSR count). The van der Waals surface area contributed by atoms with Crippen molar-refractivity contribution in [3.63, 3.8) is 0 Å². The van der Waals surface area contributed by atoms with Gasteiger partial charge in [-0.3, -0.25) is 14.8 Å². The van der Waals surface area contributed by atoms with Crippen molar-refractivity contribution in [3.8, 4) is 0 Å². The molecule has 1 saturated heterocycles. The molecule has 2 aromatic rings. The molecule has 2 amide bonds. The molecular weight excluding hydrogens is 388 g/mol. The van der Waals surface area contributed by atoms with Crippen LogP contribution in [-0.2, 0) is 11.3 Å². The molecule has 0 saturated carbocycles. The summed E-state index contributed by atoms with van der Waals surface area (Å²) in [7, 11) is 2.09. The molecule has 1 aromatic carbocycles. The van der Waals surface area contributed by atoms with Gasteiger partial charge in [-0.15, -0.1) is 11.3 Å². The van der Waals surface area contributed by atoms with Crippen LogP contribution in [0.4, 0.5) is 5.69 Å². The van der Waals surface area contributed by atoms with Gasteiger partial charge in [0, 0.05) is 29.1 Å². The van der Waals surface area contributed by atoms with Crippen LogP contribution < -0.4 is 16.1 Å². The molecule has 7 nitrogen and oxygen atoms in total. The number of anilines is 1. The zero-order chi connectivity index (χ0) is 20.8. The molecule has 4 N–H and O–H groups in total. The Bertz CT molecular complexity index is 829. The van der Waals surface area contributed by atoms with Crippen molar-refractivity contribution in [1.29, 1.82) is 0 Å². The molecule has 1 aromatic heterocycles. The highest BCUT2D eigenvalue weighted by Gasteiger charge is 2.23. The van der Waals surface area contributed by atoms with Crippen molar-refractivity contribution < 1.29 is 14.8 Å². The number of nitrogens with one attached hydrogen (secondary N) is 3. The van der Waals surface area contributed by atoms with E-state index < -0.39 is 5.91 Å². The van der Waals surface area contributed by atoms with E-state index in [4.69, 9.17) is 5.21 Å². The van der Waals surface area contributed by atoms with Crippen molar-refractivity contribution in [2.45, 2.75) is 32.4 Å². The Balaban J connectivity index is 1.48. The van der Waals surface area contributed by atoms with E-state index in [1.807, 2.05) is 37.3 Å². The second kappa shape index (κ2) is 9.98. The van der Waals surface area contributed by atoms with Crippen molar-refractivity contribution in [2.24, 2.45) is 5.92 Å². The lowest BCUT2D eigenvalue weighted by Crippen LogP contribution is -2.35. The van der Waals surface area contributed by atoms with Crippen molar-refractivity contribution >= 4 is 28.8 Å². The molecule has 156 valence electrons. The zero-order valence-electron chi connectivity index (χ0n) is 16.8. The lowest BCUT2D eigenvalue weighted by molar-refractivity contribution is -0.121. The van der Waals surface area contributed by atoms with Crippen LogP contribution in [0.15, 0.2) is 36.4 Å². The number of hydroxylamine groups is 1. The smallest absolute Gasteiger partial charge is 0.284 e. The number of carbonyl (C=O) groups excluding carboxylic acids is 2. The first-order valence-corrected chi connectivity index (χ1v) is 10.6. The Kier molecular flexibility index (Phi) is 7.38. The molecule has 1 fully saturated rings. The highest BCUT2D eigenvalue weighted by molar-refractivity contribution is 7.14. The molecule has 0 spiro atoms. The van der Waals surface area contributed by atoms with E-state index in [0.29, 0.717) is 11.4 Å². The van der Waals surface area contributed by atoms with Crippen LogP contribution in [0.2, 0.25) is 0 Å². The standard InChI is InChI=1S/C21H28N4O3S/c1-14(18-7-8-19(29-18)21(27)24-28)22-13-15-3-5-17(6-4-15)23-20(26)16-9-11-25(2)12-10-16/h3-8,14,16,22,28H,9-13H2,1-2H3,(H,23,26)(H,24,27)/t14-/m1/s1. The van der Waals surface area contributed by atoms with Gasteiger partial charge in [0.05, 0.1) is 4.88 Å². The van der Waals surface area contributed by atoms with E-state index in [1.54, 1.807) is 11.5 Å². The summed E-state index contributed by atoms with van der Waals surface area (Å²) in [5.74, 6) is -0.290. The van der Waals surface area contributed by atoms with Crippen molar-refractivity contribution in [2.75, 3.05) is 25.5 Å². The molecule has 1 aliphatic rings. The number of piperidine rings is 1. The number of thiophene rings is 1. The second-order valence-electron chi connectivity index (χ2n) is 7.51. The minimum Gasteiger partial charge on any atom is -0.326 e. The van der Waals surface area contributed by atoms with Crippen LogP contribution in [0.3, 0.4) is 0 Å². The Morgan fingerprint density at radius 2 is 1.86 bits per heavy atom. The Hall–Kier alpha value is -2.26. The van der Waals surface area contributed by atoms with E-state index in [9.17, 15) is 9.59 Å². The molecule has 1 atom stereocenters. The van der Waals surface area contributed by atoms with Crippen LogP contribution in [0.1, 0.15) is 45.9 Å². The Labute approximate surface area is 175 Å². The van der Waals surface area contributed by atoms with Gasteiger partial charge in [-0.05, 0) is 69.7 Å². The van der Waals surface area contributed by atoms with Crippen molar-refractivity contribution in [1.82, 2.24) is 15.7 Å². The highest BCUT2D eigenvalue weighted by atomic mass is 32.1. The van der Waals surface area contributed by atoms with Gasteiger partial charge in [-0.1, -0.05) is 12.1 Å². The van der Waals surface area contributed by atoms with E-state index in [-0.39, 0.29) is 17.9 Å². The summed E-state index contributed by atoms with van der Waals surface area (Å²) >= 11 is 1.35. The molecule has 29 heavy (non-hydrogen) atoms. The van der Waals surface area contributed by atoms with Crippen LogP contribution in [0.25, 0.3) is 0 Å². The fourth-order valence-corrected chi connectivity index (χ4v) is 4.28. The Morgan fingerprint density at radius 1 is 1.17 bits per heavy atom. The predicted molar refractivity (Wildman–Crippen MR) is 114 cm³/mol. The lowest BCUT2D eigenvalue weighted by Gasteiger charge is -2.28. The summed E-state index contributed by atoms with van der Waals surface area (Å²) < 4.78 is 0. The van der Waals surface area contributed by atoms with Crippen LogP contribution >= 0.6 is 11.3 Å². The number of amides is 2. The normalized spacial score (nSPS) is 16.4. The summed E-state index contributed by atoms with van der Waals surface area (Å²) in [5.41, 5.74) is 3.58. The molecule has 0 unspecified atom stereocenters. The first kappa shape index (κ1) is 21.4. The van der Waals surface area contributed by atoms with Gasteiger partial charge in [0.1, 0.15) is 0 Å². The number of likely N-dealkylation sites (tertiary alicyclic amines) is 1. The molecule has 0 aliphatic carbocycles. The fraction of sp³-hybridized carbons (Fsp3) is 0.429. The maximum atomic E-state index is 12.4. The fourth-order valence-electron chi connectivity index (χ4n) is 3.36. The third-order valence-electron chi connectivity index (χ3n) is 5.30. The van der Waals surface area contributed by atoms with Crippen LogP contribution in [-0.4, -0.2) is 42.1 Å². The minimum absolute atomic E-state index is 0.0732. The molecule has 0 bridgehead atoms. The lowest BCUT2D eigenvalue weighted by atomic mass is 9.96. The first-order valence-electron chi connectivity index (χ1n) is 9.82. The van der Waals surface area contributed by atoms with Crippen LogP contribution in [0.5, 0.6) is 0 Å². The number of hydrogen-bond donors (Lipinski definition) is 4. The molecule has 8 heteroatoms. The second-order valence-corrected chi connectivity index (χ2v) is 8.62. The topological polar surface area (TPSA) is 93.7 Å². The Morgan fingerprint density at radius 3 is 2.52 bits per heavy atom. The average molecular weight is 417 g/mol. The van der Waals surface area contributed by atoms with E-state index in [0.717, 1.165) is 42.1 Å². The number of hydrogen-bond acceptors (Lipinski definition) is 6. The molecule has 0 radical (unpaired) electrons. The summed E-state index contributed by atoms with van der Waals surface area (Å²) in [4.78, 5) is 27.6. The maximum absolute atomic E-state index is 12.4. The maximum Gasteiger partial charge on any atom is 0.284 e. The summed E-state index contributed by atoms with van der Waals surface area (Å²) in [6, 6.07) is 11.5. The van der Waals surface area contributed by atoms with Gasteiger partial charge >= 0.3 is 0 Å². The largest absolute Gasteiger partial charge is 0.326 e. The summed E-state index contributed by atoms with van der Waals surface area (Å²) in [5, 5.41) is 15.2. The first-order chi connectivity index (χ1) is 14.0. The van der Waals surface area contributed by atoms with Gasteiger partial charge in [-0.2, -0.15) is 0 Å². The number of nitrogens with zero attached hydrogens (tertiary/aromatic N) is 1. The summed E-state index contributed by atoms with van der Waals surface area (Å²) in [6.45, 7) is 4.64. The SMILES string of the molecule is C[C@@H](NCc1ccc(NC(=O)C2CCN(C)CC2)cc1)c1ccc(C(=O)NO)s1. The third kappa shape index (κ3) is 5.86. The van der Waals surface area contributed by atoms with E-state index >= 15 is 0 Å². The van der Waals surface area contributed by atoms with Gasteiger partial charge in [0.15, 0.2) is 0 Å². The molecule has 1 aliphatic heterocycles. The monoisotopic (exact) mass is 416 g/mol. The van der Waals surface area contributed by atoms with Gasteiger partial charge in [-0.25, -0.2) is 5.48 Å². The molecular formula is C21H28N4O3S. The minimum atomic E-state index is -0.494. The zero-order valence-corrected chi connectivity index (χ0v) is 17.6. The number of rotatable bonds is 7. The van der Waals surface area contributed by atoms with Crippen molar-refractivity contribution in [3.05, 3.63) is 51.7 Å². The average Bonchev–Trinajstić information content (AvgIpc) is 3.23. The number of carbonyl (C=O) groups is 2. The third-order valence-corrected chi connectivity index (χ3v) is 6.57. The predicted octanol–water partition coefficient (Wildman–Crippen LogP) is 3.00. The highest BCUT2D eigenvalue weighted by Crippen LogP contribution is 2.24. The van der Waals surface area contributed by atoms with E-state index in [2.05, 4.69) is 22.6 Å². The number of benzene rings is 1. The van der Waals surface area contributed by atoms with Gasteiger partial charge in [0.2, 0.25) is 5.91 Å². The quantitative estimate of drug-likeness (QED) is 0.411. The van der Waals surface area contributed by atoms with Crippen LogP contribution in [0, 0.1) is 5.92 Å². The molecule has 2 heterocycles. The van der Waals surface area contributed by atoms with Gasteiger partial charge in [0.25, 0.3) is 5.91 Å². The summed E-state index contributed by atoms with van der Waals surface area (Å²) in [6.07, 6.45) is 1.82. The van der Waals surface area contributed by atoms with Gasteiger partial charge < -0.3 is 15.5 Å².